The lowest BCUT2D eigenvalue weighted by Gasteiger charge is -2.13. The third kappa shape index (κ3) is 5.02. The quantitative estimate of drug-likeness (QED) is 0.399. The first-order chi connectivity index (χ1) is 13.7. The van der Waals surface area contributed by atoms with Gasteiger partial charge in [0.2, 0.25) is 0 Å². The van der Waals surface area contributed by atoms with E-state index in [0.29, 0.717) is 23.5 Å². The number of nitrogens with zero attached hydrogens (tertiary/aromatic N) is 2. The highest BCUT2D eigenvalue weighted by Crippen LogP contribution is 2.36. The van der Waals surface area contributed by atoms with Gasteiger partial charge in [-0.3, -0.25) is 4.98 Å². The third-order valence-electron chi connectivity index (χ3n) is 4.25. The molecule has 142 valence electrons. The molecular formula is C22H19N2O3S-. The number of carboxylic acid groups (broad SMARTS) is 1. The lowest BCUT2D eigenvalue weighted by atomic mass is 10.0. The number of carbonyl (C=O) groups excluding carboxylic acids is 1. The maximum Gasteiger partial charge on any atom is 0.159 e. The molecule has 0 unspecified atom stereocenters. The molecule has 0 fully saturated rings. The van der Waals surface area contributed by atoms with E-state index >= 15 is 0 Å². The number of rotatable bonds is 9. The smallest absolute Gasteiger partial charge is 0.159 e. The Kier molecular flexibility index (Phi) is 6.88. The van der Waals surface area contributed by atoms with Crippen molar-refractivity contribution in [3.63, 3.8) is 0 Å². The highest BCUT2D eigenvalue weighted by Gasteiger charge is 2.10. The molecule has 0 saturated carbocycles. The summed E-state index contributed by atoms with van der Waals surface area (Å²) in [6.07, 6.45) is 5.93. The molecule has 3 aromatic rings. The average Bonchev–Trinajstić information content (AvgIpc) is 2.71. The first-order valence-corrected chi connectivity index (χ1v) is 10.0. The van der Waals surface area contributed by atoms with Gasteiger partial charge in [-0.15, -0.1) is 11.8 Å². The van der Waals surface area contributed by atoms with Crippen molar-refractivity contribution in [3.8, 4) is 17.6 Å². The summed E-state index contributed by atoms with van der Waals surface area (Å²) in [6, 6.07) is 15.4. The van der Waals surface area contributed by atoms with Gasteiger partial charge in [0.05, 0.1) is 22.7 Å². The molecule has 0 spiro atoms. The Balaban J connectivity index is 1.71. The molecule has 0 aliphatic heterocycles. The zero-order valence-corrected chi connectivity index (χ0v) is 16.1. The Morgan fingerprint density at radius 3 is 2.68 bits per heavy atom. The van der Waals surface area contributed by atoms with Crippen LogP contribution in [0.3, 0.4) is 0 Å². The van der Waals surface area contributed by atoms with Gasteiger partial charge >= 0.3 is 0 Å². The van der Waals surface area contributed by atoms with Crippen LogP contribution < -0.4 is 9.84 Å². The molecule has 0 radical (unpaired) electrons. The van der Waals surface area contributed by atoms with Gasteiger partial charge in [0.1, 0.15) is 5.75 Å². The SMILES string of the molecule is N#Cc1ccc(Oc2cnccc2SCCCCCC(=O)[O-])c2ccccc12. The van der Waals surface area contributed by atoms with Crippen molar-refractivity contribution in [3.05, 3.63) is 60.4 Å². The van der Waals surface area contributed by atoms with Gasteiger partial charge in [0.25, 0.3) is 0 Å². The molecule has 0 aliphatic rings. The summed E-state index contributed by atoms with van der Waals surface area (Å²) in [5.74, 6) is 1.21. The number of fused-ring (bicyclic) bond motifs is 1. The molecule has 0 atom stereocenters. The third-order valence-corrected chi connectivity index (χ3v) is 5.39. The second-order valence-electron chi connectivity index (χ2n) is 6.22. The molecule has 0 N–H and O–H groups in total. The van der Waals surface area contributed by atoms with Crippen molar-refractivity contribution >= 4 is 28.5 Å². The fourth-order valence-corrected chi connectivity index (χ4v) is 3.83. The predicted molar refractivity (Wildman–Crippen MR) is 107 cm³/mol. The summed E-state index contributed by atoms with van der Waals surface area (Å²) in [5.41, 5.74) is 0.611. The minimum atomic E-state index is -0.993. The molecule has 1 heterocycles. The van der Waals surface area contributed by atoms with Crippen LogP contribution in [0.4, 0.5) is 0 Å². The fraction of sp³-hybridized carbons (Fsp3) is 0.227. The molecular weight excluding hydrogens is 372 g/mol. The Bertz CT molecular complexity index is 1010. The number of ether oxygens (including phenoxy) is 1. The van der Waals surface area contributed by atoms with Crippen LogP contribution in [0, 0.1) is 11.3 Å². The maximum absolute atomic E-state index is 10.4. The number of thioether (sulfide) groups is 1. The van der Waals surface area contributed by atoms with Crippen LogP contribution in [0.2, 0.25) is 0 Å². The van der Waals surface area contributed by atoms with E-state index in [0.717, 1.165) is 34.3 Å². The summed E-state index contributed by atoms with van der Waals surface area (Å²) < 4.78 is 6.15. The molecule has 6 heteroatoms. The first kappa shape index (κ1) is 19.7. The molecule has 0 saturated heterocycles. The molecule has 2 aromatic carbocycles. The summed E-state index contributed by atoms with van der Waals surface area (Å²) in [6.45, 7) is 0. The Hall–Kier alpha value is -3.04. The second kappa shape index (κ2) is 9.77. The van der Waals surface area contributed by atoms with E-state index in [2.05, 4.69) is 11.1 Å². The van der Waals surface area contributed by atoms with Gasteiger partial charge in [-0.25, -0.2) is 0 Å². The largest absolute Gasteiger partial charge is 0.550 e. The Morgan fingerprint density at radius 1 is 1.07 bits per heavy atom. The standard InChI is InChI=1S/C22H20N2O3S/c23-14-16-9-10-19(18-7-4-3-6-17(16)18)27-20-15-24-12-11-21(20)28-13-5-1-2-8-22(25)26/h3-4,6-7,9-12,15H,1-2,5,8,13H2,(H,25,26)/p-1. The molecule has 3 rings (SSSR count). The summed E-state index contributed by atoms with van der Waals surface area (Å²) >= 11 is 1.66. The number of aromatic nitrogens is 1. The lowest BCUT2D eigenvalue weighted by Crippen LogP contribution is -2.21. The second-order valence-corrected chi connectivity index (χ2v) is 7.36. The minimum Gasteiger partial charge on any atom is -0.550 e. The number of unbranched alkanes of at least 4 members (excludes halogenated alkanes) is 2. The number of hydrogen-bond acceptors (Lipinski definition) is 6. The molecule has 0 bridgehead atoms. The highest BCUT2D eigenvalue weighted by atomic mass is 32.2. The normalized spacial score (nSPS) is 10.5. The van der Waals surface area contributed by atoms with Gasteiger partial charge in [-0.1, -0.05) is 30.7 Å². The van der Waals surface area contributed by atoms with Gasteiger partial charge in [0.15, 0.2) is 5.75 Å². The van der Waals surface area contributed by atoms with Crippen molar-refractivity contribution in [2.75, 3.05) is 5.75 Å². The zero-order chi connectivity index (χ0) is 19.8. The van der Waals surface area contributed by atoms with Crippen LogP contribution in [0.1, 0.15) is 31.2 Å². The number of aliphatic carboxylic acids is 1. The minimum absolute atomic E-state index is 0.111. The van der Waals surface area contributed by atoms with Gasteiger partial charge in [-0.05, 0) is 43.2 Å². The number of nitriles is 1. The number of benzene rings is 2. The molecule has 5 nitrogen and oxygen atoms in total. The lowest BCUT2D eigenvalue weighted by molar-refractivity contribution is -0.305. The summed E-state index contributed by atoms with van der Waals surface area (Å²) in [7, 11) is 0. The van der Waals surface area contributed by atoms with Crippen LogP contribution >= 0.6 is 11.8 Å². The van der Waals surface area contributed by atoms with E-state index in [9.17, 15) is 15.2 Å². The van der Waals surface area contributed by atoms with E-state index < -0.39 is 5.97 Å². The number of carbonyl (C=O) groups is 1. The maximum atomic E-state index is 10.4. The predicted octanol–water partition coefficient (Wildman–Crippen LogP) is 4.30. The van der Waals surface area contributed by atoms with Crippen LogP contribution in [0.15, 0.2) is 59.8 Å². The topological polar surface area (TPSA) is 86.0 Å². The number of hydrogen-bond donors (Lipinski definition) is 0. The highest BCUT2D eigenvalue weighted by molar-refractivity contribution is 7.99. The van der Waals surface area contributed by atoms with E-state index in [-0.39, 0.29) is 6.42 Å². The fourth-order valence-electron chi connectivity index (χ4n) is 2.87. The first-order valence-electron chi connectivity index (χ1n) is 9.05. The van der Waals surface area contributed by atoms with Crippen molar-refractivity contribution < 1.29 is 14.6 Å². The van der Waals surface area contributed by atoms with Crippen LogP contribution in [-0.2, 0) is 4.79 Å². The average molecular weight is 391 g/mol. The van der Waals surface area contributed by atoms with E-state index in [1.165, 1.54) is 0 Å². The number of pyridine rings is 1. The molecule has 28 heavy (non-hydrogen) atoms. The van der Waals surface area contributed by atoms with Gasteiger partial charge in [-0.2, -0.15) is 5.26 Å². The number of carboxylic acids is 1. The van der Waals surface area contributed by atoms with E-state index in [4.69, 9.17) is 4.74 Å². The van der Waals surface area contributed by atoms with E-state index in [1.54, 1.807) is 30.2 Å². The van der Waals surface area contributed by atoms with Crippen molar-refractivity contribution in [2.45, 2.75) is 30.6 Å². The van der Waals surface area contributed by atoms with Crippen LogP contribution in [0.25, 0.3) is 10.8 Å². The Labute approximate surface area is 168 Å². The van der Waals surface area contributed by atoms with E-state index in [1.807, 2.05) is 36.4 Å². The van der Waals surface area contributed by atoms with Gasteiger partial charge in [0, 0.05) is 22.9 Å². The van der Waals surface area contributed by atoms with Crippen LogP contribution in [-0.4, -0.2) is 16.7 Å². The van der Waals surface area contributed by atoms with Crippen molar-refractivity contribution in [2.24, 2.45) is 0 Å². The Morgan fingerprint density at radius 2 is 1.89 bits per heavy atom. The van der Waals surface area contributed by atoms with Crippen LogP contribution in [0.5, 0.6) is 11.5 Å². The molecule has 0 aliphatic carbocycles. The van der Waals surface area contributed by atoms with Crippen molar-refractivity contribution in [1.29, 1.82) is 5.26 Å². The summed E-state index contributed by atoms with van der Waals surface area (Å²) in [5, 5.41) is 21.5. The summed E-state index contributed by atoms with van der Waals surface area (Å²) in [4.78, 5) is 15.6. The zero-order valence-electron chi connectivity index (χ0n) is 15.3. The monoisotopic (exact) mass is 391 g/mol. The van der Waals surface area contributed by atoms with Crippen molar-refractivity contribution in [1.82, 2.24) is 4.98 Å². The van der Waals surface area contributed by atoms with Gasteiger partial charge < -0.3 is 14.6 Å². The molecule has 0 amide bonds. The molecule has 1 aromatic heterocycles.